The molecule has 5 heteroatoms. The van der Waals surface area contributed by atoms with Crippen LogP contribution in [0.2, 0.25) is 0 Å². The zero-order chi connectivity index (χ0) is 12.0. The number of aryl methyl sites for hydroxylation is 1. The molecule has 0 unspecified atom stereocenters. The van der Waals surface area contributed by atoms with Crippen molar-refractivity contribution in [3.63, 3.8) is 0 Å². The number of phenols is 1. The summed E-state index contributed by atoms with van der Waals surface area (Å²) in [7, 11) is 0. The van der Waals surface area contributed by atoms with Crippen LogP contribution in [0.1, 0.15) is 5.69 Å². The highest BCUT2D eigenvalue weighted by Crippen LogP contribution is 2.33. The van der Waals surface area contributed by atoms with Crippen molar-refractivity contribution in [3.8, 4) is 17.0 Å². The Morgan fingerprint density at radius 3 is 2.82 bits per heavy atom. The monoisotopic (exact) mass is 228 g/mol. The van der Waals surface area contributed by atoms with E-state index in [0.29, 0.717) is 5.82 Å². The first kappa shape index (κ1) is 9.77. The van der Waals surface area contributed by atoms with Crippen molar-refractivity contribution < 1.29 is 5.11 Å². The molecule has 5 nitrogen and oxygen atoms in total. The molecule has 0 fully saturated rings. The normalized spacial score (nSPS) is 11.1. The van der Waals surface area contributed by atoms with Gasteiger partial charge in [-0.1, -0.05) is 0 Å². The number of aromatic nitrogens is 3. The third-order valence-corrected chi connectivity index (χ3v) is 2.84. The summed E-state index contributed by atoms with van der Waals surface area (Å²) < 4.78 is 0. The molecular weight excluding hydrogens is 216 g/mol. The van der Waals surface area contributed by atoms with E-state index in [1.807, 2.05) is 13.0 Å². The lowest BCUT2D eigenvalue weighted by atomic mass is 10.1. The molecule has 17 heavy (non-hydrogen) atoms. The Morgan fingerprint density at radius 2 is 2.12 bits per heavy atom. The Morgan fingerprint density at radius 1 is 1.29 bits per heavy atom. The Hall–Kier alpha value is -2.43. The van der Waals surface area contributed by atoms with Crippen molar-refractivity contribution >= 4 is 16.7 Å². The number of hydrogen-bond acceptors (Lipinski definition) is 3. The predicted molar refractivity (Wildman–Crippen MR) is 66.7 cm³/mol. The maximum Gasteiger partial charge on any atom is 0.145 e. The van der Waals surface area contributed by atoms with Crippen LogP contribution >= 0.6 is 0 Å². The molecule has 0 bridgehead atoms. The summed E-state index contributed by atoms with van der Waals surface area (Å²) >= 11 is 0. The highest BCUT2D eigenvalue weighted by atomic mass is 16.3. The number of anilines is 1. The largest absolute Gasteiger partial charge is 0.508 e. The summed E-state index contributed by atoms with van der Waals surface area (Å²) in [6.07, 6.45) is 0. The van der Waals surface area contributed by atoms with Gasteiger partial charge in [-0.3, -0.25) is 5.10 Å². The SMILES string of the molecule is Cc1[nH]c2ccc(O)cc2c1-c1cc(N)n[nH]1. The summed E-state index contributed by atoms with van der Waals surface area (Å²) in [6.45, 7) is 1.98. The number of nitrogen functional groups attached to an aromatic ring is 1. The van der Waals surface area contributed by atoms with Gasteiger partial charge in [0.1, 0.15) is 11.6 Å². The molecule has 0 saturated heterocycles. The molecule has 0 atom stereocenters. The predicted octanol–water partition coefficient (Wildman–Crippen LogP) is 2.15. The second-order valence-electron chi connectivity index (χ2n) is 4.06. The van der Waals surface area contributed by atoms with Crippen LogP contribution in [0.25, 0.3) is 22.2 Å². The number of fused-ring (bicyclic) bond motifs is 1. The smallest absolute Gasteiger partial charge is 0.145 e. The molecule has 5 N–H and O–H groups in total. The van der Waals surface area contributed by atoms with Gasteiger partial charge in [0.15, 0.2) is 0 Å². The number of nitrogens with two attached hydrogens (primary N) is 1. The molecule has 0 spiro atoms. The van der Waals surface area contributed by atoms with Crippen molar-refractivity contribution in [2.24, 2.45) is 0 Å². The number of nitrogens with zero attached hydrogens (tertiary/aromatic N) is 1. The molecule has 2 heterocycles. The van der Waals surface area contributed by atoms with E-state index in [-0.39, 0.29) is 5.75 Å². The number of aromatic amines is 2. The van der Waals surface area contributed by atoms with Crippen LogP contribution in [0.4, 0.5) is 5.82 Å². The van der Waals surface area contributed by atoms with Gasteiger partial charge in [0.05, 0.1) is 5.69 Å². The van der Waals surface area contributed by atoms with Crippen molar-refractivity contribution in [2.45, 2.75) is 6.92 Å². The molecule has 3 rings (SSSR count). The summed E-state index contributed by atoms with van der Waals surface area (Å²) in [4.78, 5) is 3.26. The van der Waals surface area contributed by atoms with E-state index < -0.39 is 0 Å². The Balaban J connectivity index is 2.34. The quantitative estimate of drug-likeness (QED) is 0.514. The van der Waals surface area contributed by atoms with E-state index >= 15 is 0 Å². The summed E-state index contributed by atoms with van der Waals surface area (Å²) in [5.74, 6) is 0.694. The van der Waals surface area contributed by atoms with E-state index in [9.17, 15) is 5.11 Å². The minimum Gasteiger partial charge on any atom is -0.508 e. The fourth-order valence-corrected chi connectivity index (χ4v) is 2.13. The number of benzene rings is 1. The van der Waals surface area contributed by atoms with Crippen LogP contribution < -0.4 is 5.73 Å². The Bertz CT molecular complexity index is 696. The van der Waals surface area contributed by atoms with Crippen molar-refractivity contribution in [1.82, 2.24) is 15.2 Å². The molecule has 0 aliphatic rings. The third kappa shape index (κ3) is 1.44. The maximum atomic E-state index is 9.55. The number of H-pyrrole nitrogens is 2. The Labute approximate surface area is 97.3 Å². The van der Waals surface area contributed by atoms with Crippen molar-refractivity contribution in [1.29, 1.82) is 0 Å². The number of nitrogens with one attached hydrogen (secondary N) is 2. The second-order valence-corrected chi connectivity index (χ2v) is 4.06. The van der Waals surface area contributed by atoms with Crippen LogP contribution in [-0.4, -0.2) is 20.3 Å². The van der Waals surface area contributed by atoms with Crippen molar-refractivity contribution in [2.75, 3.05) is 5.73 Å². The van der Waals surface area contributed by atoms with Gasteiger partial charge in [0.2, 0.25) is 0 Å². The lowest BCUT2D eigenvalue weighted by molar-refractivity contribution is 0.476. The highest BCUT2D eigenvalue weighted by Gasteiger charge is 2.12. The molecule has 0 radical (unpaired) electrons. The van der Waals surface area contributed by atoms with Gasteiger partial charge in [0.25, 0.3) is 0 Å². The Kier molecular flexibility index (Phi) is 1.89. The highest BCUT2D eigenvalue weighted by molar-refractivity contribution is 5.97. The van der Waals surface area contributed by atoms with Crippen LogP contribution in [0.5, 0.6) is 5.75 Å². The average Bonchev–Trinajstić information content (AvgIpc) is 2.81. The molecule has 2 aromatic heterocycles. The number of phenolic OH excluding ortho intramolecular Hbond substituents is 1. The van der Waals surface area contributed by atoms with E-state index in [1.165, 1.54) is 0 Å². The van der Waals surface area contributed by atoms with E-state index in [4.69, 9.17) is 5.73 Å². The first-order chi connectivity index (χ1) is 8.15. The van der Waals surface area contributed by atoms with Crippen LogP contribution in [0.15, 0.2) is 24.3 Å². The van der Waals surface area contributed by atoms with Gasteiger partial charge >= 0.3 is 0 Å². The van der Waals surface area contributed by atoms with Crippen molar-refractivity contribution in [3.05, 3.63) is 30.0 Å². The molecule has 86 valence electrons. The average molecular weight is 228 g/mol. The van der Waals surface area contributed by atoms with E-state index in [1.54, 1.807) is 18.2 Å². The van der Waals surface area contributed by atoms with Gasteiger partial charge in [-0.2, -0.15) is 5.10 Å². The van der Waals surface area contributed by atoms with Gasteiger partial charge in [0, 0.05) is 28.2 Å². The fraction of sp³-hybridized carbons (Fsp3) is 0.0833. The maximum absolute atomic E-state index is 9.55. The first-order valence-corrected chi connectivity index (χ1v) is 5.27. The molecular formula is C12H12N4O. The number of aromatic hydroxyl groups is 1. The van der Waals surface area contributed by atoms with Gasteiger partial charge < -0.3 is 15.8 Å². The van der Waals surface area contributed by atoms with Crippen LogP contribution in [-0.2, 0) is 0 Å². The molecule has 0 aliphatic heterocycles. The topological polar surface area (TPSA) is 90.7 Å². The fourth-order valence-electron chi connectivity index (χ4n) is 2.13. The zero-order valence-electron chi connectivity index (χ0n) is 9.28. The summed E-state index contributed by atoms with van der Waals surface area (Å²) in [5.41, 5.74) is 9.42. The molecule has 1 aromatic carbocycles. The van der Waals surface area contributed by atoms with Gasteiger partial charge in [-0.25, -0.2) is 0 Å². The summed E-state index contributed by atoms with van der Waals surface area (Å²) in [5, 5.41) is 17.3. The number of rotatable bonds is 1. The van der Waals surface area contributed by atoms with Crippen LogP contribution in [0, 0.1) is 6.92 Å². The molecule has 0 saturated carbocycles. The summed E-state index contributed by atoms with van der Waals surface area (Å²) in [6, 6.07) is 7.01. The van der Waals surface area contributed by atoms with E-state index in [2.05, 4.69) is 15.2 Å². The number of hydrogen-bond donors (Lipinski definition) is 4. The third-order valence-electron chi connectivity index (χ3n) is 2.84. The lowest BCUT2D eigenvalue weighted by Gasteiger charge is -1.97. The molecule has 0 amide bonds. The van der Waals surface area contributed by atoms with E-state index in [0.717, 1.165) is 27.9 Å². The molecule has 0 aliphatic carbocycles. The minimum absolute atomic E-state index is 0.241. The van der Waals surface area contributed by atoms with Crippen LogP contribution in [0.3, 0.4) is 0 Å². The molecule has 3 aromatic rings. The van der Waals surface area contributed by atoms with Gasteiger partial charge in [-0.15, -0.1) is 0 Å². The second kappa shape index (κ2) is 3.28. The first-order valence-electron chi connectivity index (χ1n) is 5.27. The standard InChI is InChI=1S/C12H12N4O/c1-6-12(10-5-11(13)16-15-10)8-4-7(17)2-3-9(8)14-6/h2-5,14,17H,1H3,(H3,13,15,16). The minimum atomic E-state index is 0.241. The lowest BCUT2D eigenvalue weighted by Crippen LogP contribution is -1.81. The van der Waals surface area contributed by atoms with Gasteiger partial charge in [-0.05, 0) is 25.1 Å². The zero-order valence-corrected chi connectivity index (χ0v) is 9.28.